The first-order valence-electron chi connectivity index (χ1n) is 3.92. The van der Waals surface area contributed by atoms with E-state index in [-0.39, 0.29) is 0 Å². The van der Waals surface area contributed by atoms with Crippen molar-refractivity contribution in [2.24, 2.45) is 7.05 Å². The van der Waals surface area contributed by atoms with Gasteiger partial charge in [-0.25, -0.2) is 4.79 Å². The summed E-state index contributed by atoms with van der Waals surface area (Å²) in [4.78, 5) is 10.5. The van der Waals surface area contributed by atoms with Crippen LogP contribution < -0.4 is 0 Å². The van der Waals surface area contributed by atoms with Crippen LogP contribution in [0.1, 0.15) is 18.2 Å². The first-order chi connectivity index (χ1) is 6.02. The maximum atomic E-state index is 10.5. The number of nitrogens with zero attached hydrogens (tertiary/aromatic N) is 2. The number of carbonyl (C=O) groups is 1. The summed E-state index contributed by atoms with van der Waals surface area (Å²) in [6.07, 6.45) is 3.27. The van der Waals surface area contributed by atoms with E-state index in [0.717, 1.165) is 11.3 Å². The Bertz CT molecular complexity index is 364. The molecular weight excluding hydrogens is 168 g/mol. The van der Waals surface area contributed by atoms with Crippen molar-refractivity contribution in [3.05, 3.63) is 23.0 Å². The molecule has 0 spiro atoms. The van der Waals surface area contributed by atoms with Crippen molar-refractivity contribution >= 4 is 12.0 Å². The molecule has 0 atom stereocenters. The number of rotatable bonds is 2. The van der Waals surface area contributed by atoms with Crippen LogP contribution in [-0.2, 0) is 11.8 Å². The van der Waals surface area contributed by atoms with Gasteiger partial charge in [0, 0.05) is 23.9 Å². The SMILES string of the molecule is C/C(=C\c1cnn(C)c1C)C(=O)O. The molecule has 0 unspecified atom stereocenters. The lowest BCUT2D eigenvalue weighted by atomic mass is 10.2. The van der Waals surface area contributed by atoms with E-state index in [4.69, 9.17) is 5.11 Å². The van der Waals surface area contributed by atoms with E-state index in [0.29, 0.717) is 5.57 Å². The zero-order valence-electron chi connectivity index (χ0n) is 7.90. The summed E-state index contributed by atoms with van der Waals surface area (Å²) in [5, 5.41) is 12.7. The average Bonchev–Trinajstić information content (AvgIpc) is 2.36. The highest BCUT2D eigenvalue weighted by atomic mass is 16.4. The summed E-state index contributed by atoms with van der Waals surface area (Å²) in [7, 11) is 1.82. The zero-order chi connectivity index (χ0) is 10.0. The number of carboxylic acid groups (broad SMARTS) is 1. The summed E-state index contributed by atoms with van der Waals surface area (Å²) in [6.45, 7) is 3.46. The van der Waals surface area contributed by atoms with Crippen molar-refractivity contribution in [3.63, 3.8) is 0 Å². The van der Waals surface area contributed by atoms with Gasteiger partial charge >= 0.3 is 5.97 Å². The second-order valence-electron chi connectivity index (χ2n) is 2.94. The molecule has 4 nitrogen and oxygen atoms in total. The highest BCUT2D eigenvalue weighted by Crippen LogP contribution is 2.10. The minimum atomic E-state index is -0.900. The molecule has 0 saturated heterocycles. The van der Waals surface area contributed by atoms with Gasteiger partial charge in [0.25, 0.3) is 0 Å². The smallest absolute Gasteiger partial charge is 0.331 e. The third-order valence-electron chi connectivity index (χ3n) is 1.98. The van der Waals surface area contributed by atoms with E-state index in [2.05, 4.69) is 5.10 Å². The normalized spacial score (nSPS) is 11.8. The molecule has 4 heteroatoms. The van der Waals surface area contributed by atoms with Gasteiger partial charge in [-0.3, -0.25) is 4.68 Å². The highest BCUT2D eigenvalue weighted by Gasteiger charge is 2.04. The van der Waals surface area contributed by atoms with Crippen LogP contribution >= 0.6 is 0 Å². The van der Waals surface area contributed by atoms with E-state index in [1.165, 1.54) is 0 Å². The van der Waals surface area contributed by atoms with Crippen molar-refractivity contribution in [2.45, 2.75) is 13.8 Å². The van der Waals surface area contributed by atoms with E-state index < -0.39 is 5.97 Å². The monoisotopic (exact) mass is 180 g/mol. The van der Waals surface area contributed by atoms with E-state index in [1.807, 2.05) is 14.0 Å². The Labute approximate surface area is 76.5 Å². The Kier molecular flexibility index (Phi) is 2.51. The number of aromatic nitrogens is 2. The minimum absolute atomic E-state index is 0.316. The van der Waals surface area contributed by atoms with Gasteiger partial charge in [0.2, 0.25) is 0 Å². The van der Waals surface area contributed by atoms with E-state index >= 15 is 0 Å². The topological polar surface area (TPSA) is 55.1 Å². The van der Waals surface area contributed by atoms with Gasteiger partial charge in [0.05, 0.1) is 6.20 Å². The van der Waals surface area contributed by atoms with Crippen LogP contribution in [0.3, 0.4) is 0 Å². The van der Waals surface area contributed by atoms with Crippen LogP contribution in [0, 0.1) is 6.92 Å². The lowest BCUT2D eigenvalue weighted by Gasteiger charge is -1.95. The van der Waals surface area contributed by atoms with Gasteiger partial charge in [0.15, 0.2) is 0 Å². The molecule has 70 valence electrons. The van der Waals surface area contributed by atoms with Crippen molar-refractivity contribution in [1.29, 1.82) is 0 Å². The van der Waals surface area contributed by atoms with Crippen LogP contribution in [-0.4, -0.2) is 20.9 Å². The Morgan fingerprint density at radius 2 is 2.31 bits per heavy atom. The Morgan fingerprint density at radius 1 is 1.69 bits per heavy atom. The standard InChI is InChI=1S/C9H12N2O2/c1-6(9(12)13)4-8-5-10-11(3)7(8)2/h4-5H,1-3H3,(H,12,13)/b6-4+. The molecule has 1 heterocycles. The Hall–Kier alpha value is -1.58. The maximum absolute atomic E-state index is 10.5. The minimum Gasteiger partial charge on any atom is -0.478 e. The Morgan fingerprint density at radius 3 is 2.69 bits per heavy atom. The molecule has 1 rings (SSSR count). The molecule has 0 aliphatic carbocycles. The molecule has 0 aliphatic heterocycles. The third kappa shape index (κ3) is 1.96. The molecule has 0 saturated carbocycles. The molecule has 0 aliphatic rings. The van der Waals surface area contributed by atoms with Crippen molar-refractivity contribution in [1.82, 2.24) is 9.78 Å². The van der Waals surface area contributed by atoms with Crippen LogP contribution in [0.5, 0.6) is 0 Å². The Balaban J connectivity index is 3.04. The van der Waals surface area contributed by atoms with Crippen molar-refractivity contribution in [3.8, 4) is 0 Å². The number of hydrogen-bond acceptors (Lipinski definition) is 2. The molecule has 1 aromatic rings. The maximum Gasteiger partial charge on any atom is 0.331 e. The molecule has 0 fully saturated rings. The molecule has 0 aromatic carbocycles. The lowest BCUT2D eigenvalue weighted by Crippen LogP contribution is -1.96. The molecular formula is C9H12N2O2. The molecule has 1 aromatic heterocycles. The van der Waals surface area contributed by atoms with Crippen LogP contribution in [0.15, 0.2) is 11.8 Å². The average molecular weight is 180 g/mol. The summed E-state index contributed by atoms with van der Waals surface area (Å²) in [5.41, 5.74) is 2.12. The predicted molar refractivity (Wildman–Crippen MR) is 49.2 cm³/mol. The molecule has 0 amide bonds. The zero-order valence-corrected chi connectivity index (χ0v) is 7.90. The number of aliphatic carboxylic acids is 1. The van der Waals surface area contributed by atoms with Gasteiger partial charge in [0.1, 0.15) is 0 Å². The van der Waals surface area contributed by atoms with E-state index in [1.54, 1.807) is 23.9 Å². The van der Waals surface area contributed by atoms with Gasteiger partial charge in [-0.15, -0.1) is 0 Å². The first-order valence-corrected chi connectivity index (χ1v) is 3.92. The largest absolute Gasteiger partial charge is 0.478 e. The van der Waals surface area contributed by atoms with Gasteiger partial charge in [-0.05, 0) is 19.9 Å². The number of hydrogen-bond donors (Lipinski definition) is 1. The fourth-order valence-electron chi connectivity index (χ4n) is 0.952. The van der Waals surface area contributed by atoms with Crippen molar-refractivity contribution < 1.29 is 9.90 Å². The summed E-state index contributed by atoms with van der Waals surface area (Å²) >= 11 is 0. The van der Waals surface area contributed by atoms with Crippen molar-refractivity contribution in [2.75, 3.05) is 0 Å². The highest BCUT2D eigenvalue weighted by molar-refractivity contribution is 5.91. The molecule has 13 heavy (non-hydrogen) atoms. The van der Waals surface area contributed by atoms with Gasteiger partial charge in [-0.1, -0.05) is 0 Å². The van der Waals surface area contributed by atoms with E-state index in [9.17, 15) is 4.79 Å². The quantitative estimate of drug-likeness (QED) is 0.696. The van der Waals surface area contributed by atoms with Gasteiger partial charge in [-0.2, -0.15) is 5.10 Å². The van der Waals surface area contributed by atoms with Crippen LogP contribution in [0.4, 0.5) is 0 Å². The molecule has 1 N–H and O–H groups in total. The second-order valence-corrected chi connectivity index (χ2v) is 2.94. The number of aryl methyl sites for hydroxylation is 1. The van der Waals surface area contributed by atoms with Gasteiger partial charge < -0.3 is 5.11 Å². The fourth-order valence-corrected chi connectivity index (χ4v) is 0.952. The van der Waals surface area contributed by atoms with Crippen LogP contribution in [0.25, 0.3) is 6.08 Å². The lowest BCUT2D eigenvalue weighted by molar-refractivity contribution is -0.132. The second kappa shape index (κ2) is 3.43. The summed E-state index contributed by atoms with van der Waals surface area (Å²) in [6, 6.07) is 0. The first kappa shape index (κ1) is 9.51. The molecule has 0 radical (unpaired) electrons. The van der Waals surface area contributed by atoms with Crippen LogP contribution in [0.2, 0.25) is 0 Å². The number of carboxylic acids is 1. The summed E-state index contributed by atoms with van der Waals surface area (Å²) in [5.74, 6) is -0.900. The predicted octanol–water partition coefficient (Wildman–Crippen LogP) is 1.22. The summed E-state index contributed by atoms with van der Waals surface area (Å²) < 4.78 is 1.71. The molecule has 0 bridgehead atoms. The third-order valence-corrected chi connectivity index (χ3v) is 1.98. The fraction of sp³-hybridized carbons (Fsp3) is 0.333.